The van der Waals surface area contributed by atoms with Crippen LogP contribution in [0.3, 0.4) is 0 Å². The van der Waals surface area contributed by atoms with Crippen LogP contribution in [-0.2, 0) is 4.79 Å². The van der Waals surface area contributed by atoms with Crippen molar-refractivity contribution in [2.24, 2.45) is 0 Å². The van der Waals surface area contributed by atoms with Gasteiger partial charge in [0.2, 0.25) is 16.9 Å². The molecule has 0 saturated heterocycles. The SMILES string of the molecule is C[C@@H](Sc1nnc(-c2ccco2)n1N)C(=O)Nc1ccc2c(c1)OCCO2. The van der Waals surface area contributed by atoms with E-state index in [1.54, 1.807) is 37.3 Å². The molecule has 0 spiro atoms. The lowest BCUT2D eigenvalue weighted by Gasteiger charge is -2.19. The zero-order valence-electron chi connectivity index (χ0n) is 14.4. The highest BCUT2D eigenvalue weighted by Crippen LogP contribution is 2.33. The summed E-state index contributed by atoms with van der Waals surface area (Å²) in [6.45, 7) is 2.77. The minimum absolute atomic E-state index is 0.195. The third-order valence-electron chi connectivity index (χ3n) is 3.87. The Hall–Kier alpha value is -3.14. The zero-order chi connectivity index (χ0) is 18.8. The molecule has 0 radical (unpaired) electrons. The number of amides is 1. The maximum atomic E-state index is 12.5. The lowest BCUT2D eigenvalue weighted by Crippen LogP contribution is -2.24. The van der Waals surface area contributed by atoms with Crippen molar-refractivity contribution < 1.29 is 18.7 Å². The van der Waals surface area contributed by atoms with Crippen molar-refractivity contribution in [2.45, 2.75) is 17.3 Å². The lowest BCUT2D eigenvalue weighted by atomic mass is 10.2. The Bertz CT molecular complexity index is 956. The van der Waals surface area contributed by atoms with Gasteiger partial charge in [0, 0.05) is 11.8 Å². The predicted octanol–water partition coefficient (Wildman–Crippen LogP) is 2.14. The van der Waals surface area contributed by atoms with Crippen LogP contribution in [0, 0.1) is 0 Å². The standard InChI is InChI=1S/C17H17N5O4S/c1-10(27-17-21-20-15(22(17)18)13-3-2-6-24-13)16(23)19-11-4-5-12-14(9-11)26-8-7-25-12/h2-6,9-10H,7-8,18H2,1H3,(H,19,23)/t10-/m1/s1. The van der Waals surface area contributed by atoms with E-state index in [2.05, 4.69) is 15.5 Å². The highest BCUT2D eigenvalue weighted by atomic mass is 32.2. The van der Waals surface area contributed by atoms with E-state index < -0.39 is 5.25 Å². The molecule has 1 aliphatic rings. The van der Waals surface area contributed by atoms with Gasteiger partial charge < -0.3 is 25.1 Å². The summed E-state index contributed by atoms with van der Waals surface area (Å²) >= 11 is 1.20. The maximum absolute atomic E-state index is 12.5. The number of carbonyl (C=O) groups is 1. The van der Waals surface area contributed by atoms with Gasteiger partial charge in [-0.2, -0.15) is 0 Å². The van der Waals surface area contributed by atoms with Gasteiger partial charge in [0.25, 0.3) is 0 Å². The van der Waals surface area contributed by atoms with Gasteiger partial charge in [-0.05, 0) is 31.2 Å². The van der Waals surface area contributed by atoms with E-state index >= 15 is 0 Å². The van der Waals surface area contributed by atoms with Crippen LogP contribution in [0.15, 0.2) is 46.2 Å². The average molecular weight is 387 g/mol. The quantitative estimate of drug-likeness (QED) is 0.505. The second-order valence-electron chi connectivity index (χ2n) is 5.76. The smallest absolute Gasteiger partial charge is 0.237 e. The summed E-state index contributed by atoms with van der Waals surface area (Å²) in [6.07, 6.45) is 1.53. The number of ether oxygens (including phenoxy) is 2. The molecular formula is C17H17N5O4S. The number of nitrogens with zero attached hydrogens (tertiary/aromatic N) is 3. The van der Waals surface area contributed by atoms with Crippen LogP contribution in [0.4, 0.5) is 5.69 Å². The summed E-state index contributed by atoms with van der Waals surface area (Å²) in [6, 6.07) is 8.75. The lowest BCUT2D eigenvalue weighted by molar-refractivity contribution is -0.115. The van der Waals surface area contributed by atoms with Crippen molar-refractivity contribution >= 4 is 23.4 Å². The molecular weight excluding hydrogens is 370 g/mol. The number of thioether (sulfide) groups is 1. The number of nitrogen functional groups attached to an aromatic ring is 1. The normalized spacial score (nSPS) is 14.0. The Kier molecular flexibility index (Phi) is 4.63. The number of benzene rings is 1. The highest BCUT2D eigenvalue weighted by Gasteiger charge is 2.21. The van der Waals surface area contributed by atoms with Gasteiger partial charge in [0.15, 0.2) is 17.3 Å². The van der Waals surface area contributed by atoms with Crippen molar-refractivity contribution in [1.29, 1.82) is 0 Å². The molecule has 2 aromatic heterocycles. The highest BCUT2D eigenvalue weighted by molar-refractivity contribution is 8.00. The molecule has 0 saturated carbocycles. The van der Waals surface area contributed by atoms with Crippen LogP contribution in [0.2, 0.25) is 0 Å². The van der Waals surface area contributed by atoms with E-state index in [1.807, 2.05) is 0 Å². The number of furan rings is 1. The zero-order valence-corrected chi connectivity index (χ0v) is 15.2. The Morgan fingerprint density at radius 1 is 1.26 bits per heavy atom. The van der Waals surface area contributed by atoms with Crippen LogP contribution in [0.25, 0.3) is 11.6 Å². The van der Waals surface area contributed by atoms with Crippen molar-refractivity contribution in [1.82, 2.24) is 14.9 Å². The third-order valence-corrected chi connectivity index (χ3v) is 4.92. The van der Waals surface area contributed by atoms with E-state index in [1.165, 1.54) is 22.7 Å². The van der Waals surface area contributed by atoms with Crippen molar-refractivity contribution in [3.63, 3.8) is 0 Å². The van der Waals surface area contributed by atoms with Gasteiger partial charge in [0.05, 0.1) is 11.5 Å². The number of carbonyl (C=O) groups excluding carboxylic acids is 1. The number of hydrogen-bond donors (Lipinski definition) is 2. The molecule has 1 aromatic carbocycles. The largest absolute Gasteiger partial charge is 0.486 e. The molecule has 3 aromatic rings. The first-order chi connectivity index (χ1) is 13.1. The maximum Gasteiger partial charge on any atom is 0.237 e. The van der Waals surface area contributed by atoms with Gasteiger partial charge in [0.1, 0.15) is 13.2 Å². The third kappa shape index (κ3) is 3.56. The van der Waals surface area contributed by atoms with E-state index in [-0.39, 0.29) is 5.91 Å². The molecule has 9 nitrogen and oxygen atoms in total. The summed E-state index contributed by atoms with van der Waals surface area (Å²) in [7, 11) is 0. The average Bonchev–Trinajstić information content (AvgIpc) is 3.32. The molecule has 0 fully saturated rings. The van der Waals surface area contributed by atoms with E-state index in [0.717, 1.165) is 0 Å². The molecule has 1 atom stereocenters. The number of aromatic nitrogens is 3. The summed E-state index contributed by atoms with van der Waals surface area (Å²) in [5.41, 5.74) is 0.627. The van der Waals surface area contributed by atoms with Gasteiger partial charge in [-0.1, -0.05) is 11.8 Å². The van der Waals surface area contributed by atoms with Crippen LogP contribution < -0.4 is 20.6 Å². The van der Waals surface area contributed by atoms with Crippen molar-refractivity contribution in [3.8, 4) is 23.1 Å². The van der Waals surface area contributed by atoms with Gasteiger partial charge >= 0.3 is 0 Å². The van der Waals surface area contributed by atoms with Gasteiger partial charge in [-0.15, -0.1) is 10.2 Å². The Balaban J connectivity index is 1.43. The van der Waals surface area contributed by atoms with E-state index in [9.17, 15) is 4.79 Å². The fourth-order valence-electron chi connectivity index (χ4n) is 2.51. The number of hydrogen-bond acceptors (Lipinski definition) is 8. The first kappa shape index (κ1) is 17.3. The van der Waals surface area contributed by atoms with Crippen LogP contribution in [0.5, 0.6) is 11.5 Å². The van der Waals surface area contributed by atoms with Gasteiger partial charge in [-0.25, -0.2) is 4.68 Å². The Morgan fingerprint density at radius 3 is 2.85 bits per heavy atom. The summed E-state index contributed by atoms with van der Waals surface area (Å²) in [4.78, 5) is 12.5. The van der Waals surface area contributed by atoms with Crippen molar-refractivity contribution in [3.05, 3.63) is 36.6 Å². The molecule has 0 unspecified atom stereocenters. The first-order valence-corrected chi connectivity index (χ1v) is 9.11. The molecule has 140 valence electrons. The molecule has 0 aliphatic carbocycles. The van der Waals surface area contributed by atoms with E-state index in [4.69, 9.17) is 19.7 Å². The molecule has 27 heavy (non-hydrogen) atoms. The van der Waals surface area contributed by atoms with Crippen LogP contribution >= 0.6 is 11.8 Å². The number of rotatable bonds is 5. The second-order valence-corrected chi connectivity index (χ2v) is 7.07. The number of fused-ring (bicyclic) bond motifs is 1. The monoisotopic (exact) mass is 387 g/mol. The molecule has 0 bridgehead atoms. The number of anilines is 1. The fourth-order valence-corrected chi connectivity index (χ4v) is 3.28. The molecule has 1 amide bonds. The Morgan fingerprint density at radius 2 is 2.07 bits per heavy atom. The van der Waals surface area contributed by atoms with Crippen molar-refractivity contribution in [2.75, 3.05) is 24.4 Å². The summed E-state index contributed by atoms with van der Waals surface area (Å²) in [5, 5.41) is 10.9. The molecule has 1 aliphatic heterocycles. The molecule has 3 N–H and O–H groups in total. The number of nitrogens with two attached hydrogens (primary N) is 1. The predicted molar refractivity (Wildman–Crippen MR) is 99.3 cm³/mol. The Labute approximate surface area is 158 Å². The molecule has 10 heteroatoms. The van der Waals surface area contributed by atoms with E-state index in [0.29, 0.717) is 47.1 Å². The minimum Gasteiger partial charge on any atom is -0.486 e. The molecule has 3 heterocycles. The fraction of sp³-hybridized carbons (Fsp3) is 0.235. The van der Waals surface area contributed by atoms with Crippen LogP contribution in [0.1, 0.15) is 6.92 Å². The topological polar surface area (TPSA) is 117 Å². The second kappa shape index (κ2) is 7.23. The summed E-state index contributed by atoms with van der Waals surface area (Å²) < 4.78 is 17.6. The number of nitrogens with one attached hydrogen (secondary N) is 1. The molecule has 4 rings (SSSR count). The first-order valence-electron chi connectivity index (χ1n) is 8.23. The minimum atomic E-state index is -0.450. The van der Waals surface area contributed by atoms with Crippen LogP contribution in [-0.4, -0.2) is 39.2 Å². The van der Waals surface area contributed by atoms with Gasteiger partial charge in [-0.3, -0.25) is 4.79 Å². The summed E-state index contributed by atoms with van der Waals surface area (Å²) in [5.74, 6) is 8.01.